The Morgan fingerprint density at radius 2 is 1.81 bits per heavy atom. The first-order valence-corrected chi connectivity index (χ1v) is 10.2. The standard InChI is InChI=1S/C26H20N4O/c31-26(22-9-5-13-28-25(22)14-18-6-2-1-3-7-18)29-21-11-10-19-15-23(30-24(19)16-21)20-8-4-12-27-17-20/h1-13,16-17H,14-15H2,(H,29,31). The number of pyridine rings is 2. The second kappa shape index (κ2) is 8.32. The van der Waals surface area contributed by atoms with Crippen LogP contribution in [-0.2, 0) is 12.8 Å². The molecule has 31 heavy (non-hydrogen) atoms. The third kappa shape index (κ3) is 4.12. The molecular formula is C26H20N4O. The van der Waals surface area contributed by atoms with E-state index in [1.807, 2.05) is 72.9 Å². The molecule has 5 rings (SSSR count). The minimum atomic E-state index is -0.173. The Kier molecular flexibility index (Phi) is 5.07. The number of hydrogen-bond acceptors (Lipinski definition) is 4. The lowest BCUT2D eigenvalue weighted by atomic mass is 10.0. The number of fused-ring (bicyclic) bond motifs is 1. The maximum absolute atomic E-state index is 13.0. The van der Waals surface area contributed by atoms with Gasteiger partial charge in [0.15, 0.2) is 0 Å². The number of nitrogens with one attached hydrogen (secondary N) is 1. The van der Waals surface area contributed by atoms with Crippen LogP contribution >= 0.6 is 0 Å². The Labute approximate surface area is 180 Å². The van der Waals surface area contributed by atoms with Gasteiger partial charge in [-0.1, -0.05) is 42.5 Å². The van der Waals surface area contributed by atoms with Crippen LogP contribution in [0.15, 0.2) is 96.4 Å². The molecular weight excluding hydrogens is 384 g/mol. The zero-order valence-corrected chi connectivity index (χ0v) is 16.8. The normalized spacial score (nSPS) is 12.2. The summed E-state index contributed by atoms with van der Waals surface area (Å²) in [5, 5.41) is 3.01. The molecule has 0 saturated heterocycles. The minimum absolute atomic E-state index is 0.173. The molecule has 0 fully saturated rings. The van der Waals surface area contributed by atoms with E-state index in [9.17, 15) is 4.79 Å². The summed E-state index contributed by atoms with van der Waals surface area (Å²) in [6.45, 7) is 0. The molecule has 0 atom stereocenters. The molecule has 2 aromatic carbocycles. The van der Waals surface area contributed by atoms with Gasteiger partial charge in [0.05, 0.1) is 22.7 Å². The predicted molar refractivity (Wildman–Crippen MR) is 122 cm³/mol. The van der Waals surface area contributed by atoms with Crippen molar-refractivity contribution in [1.82, 2.24) is 9.97 Å². The van der Waals surface area contributed by atoms with Crippen LogP contribution in [-0.4, -0.2) is 21.6 Å². The fourth-order valence-corrected chi connectivity index (χ4v) is 3.73. The summed E-state index contributed by atoms with van der Waals surface area (Å²) >= 11 is 0. The molecule has 3 heterocycles. The molecule has 0 spiro atoms. The van der Waals surface area contributed by atoms with Crippen molar-refractivity contribution in [3.8, 4) is 0 Å². The lowest BCUT2D eigenvalue weighted by molar-refractivity contribution is 0.102. The Morgan fingerprint density at radius 1 is 0.935 bits per heavy atom. The summed E-state index contributed by atoms with van der Waals surface area (Å²) in [6.07, 6.45) is 6.67. The number of hydrogen-bond donors (Lipinski definition) is 1. The molecule has 0 radical (unpaired) electrons. The monoisotopic (exact) mass is 404 g/mol. The van der Waals surface area contributed by atoms with Crippen LogP contribution in [0.1, 0.15) is 32.7 Å². The van der Waals surface area contributed by atoms with Crippen molar-refractivity contribution in [3.05, 3.63) is 119 Å². The number of aromatic nitrogens is 2. The second-order valence-electron chi connectivity index (χ2n) is 7.43. The van der Waals surface area contributed by atoms with Crippen LogP contribution in [0, 0.1) is 0 Å². The zero-order chi connectivity index (χ0) is 21.0. The highest BCUT2D eigenvalue weighted by Gasteiger charge is 2.18. The van der Waals surface area contributed by atoms with E-state index in [4.69, 9.17) is 4.99 Å². The van der Waals surface area contributed by atoms with Gasteiger partial charge in [-0.05, 0) is 41.5 Å². The van der Waals surface area contributed by atoms with E-state index in [2.05, 4.69) is 15.3 Å². The van der Waals surface area contributed by atoms with Crippen LogP contribution in [0.3, 0.4) is 0 Å². The largest absolute Gasteiger partial charge is 0.322 e. The number of amides is 1. The molecule has 1 aliphatic rings. The summed E-state index contributed by atoms with van der Waals surface area (Å²) in [5.74, 6) is -0.173. The van der Waals surface area contributed by atoms with Gasteiger partial charge >= 0.3 is 0 Å². The fraction of sp³-hybridized carbons (Fsp3) is 0.0769. The predicted octanol–water partition coefficient (Wildman–Crippen LogP) is 5.00. The highest BCUT2D eigenvalue weighted by Crippen LogP contribution is 2.31. The van der Waals surface area contributed by atoms with Gasteiger partial charge in [-0.3, -0.25) is 19.8 Å². The summed E-state index contributed by atoms with van der Waals surface area (Å²) < 4.78 is 0. The average Bonchev–Trinajstić information content (AvgIpc) is 3.24. The van der Waals surface area contributed by atoms with Crippen LogP contribution < -0.4 is 5.32 Å². The van der Waals surface area contributed by atoms with E-state index in [1.54, 1.807) is 18.5 Å². The van der Waals surface area contributed by atoms with Crippen molar-refractivity contribution in [2.75, 3.05) is 5.32 Å². The molecule has 0 bridgehead atoms. The Balaban J connectivity index is 1.36. The van der Waals surface area contributed by atoms with Crippen molar-refractivity contribution < 1.29 is 4.79 Å². The highest BCUT2D eigenvalue weighted by molar-refractivity contribution is 6.08. The topological polar surface area (TPSA) is 67.2 Å². The highest BCUT2D eigenvalue weighted by atomic mass is 16.1. The molecule has 0 saturated carbocycles. The Hall–Kier alpha value is -4.12. The number of carbonyl (C=O) groups is 1. The average molecular weight is 404 g/mol. The van der Waals surface area contributed by atoms with Crippen LogP contribution in [0.2, 0.25) is 0 Å². The van der Waals surface area contributed by atoms with E-state index in [0.29, 0.717) is 12.0 Å². The molecule has 1 aliphatic heterocycles. The fourth-order valence-electron chi connectivity index (χ4n) is 3.73. The molecule has 150 valence electrons. The van der Waals surface area contributed by atoms with Gasteiger partial charge in [0.2, 0.25) is 0 Å². The quantitative estimate of drug-likeness (QED) is 0.509. The van der Waals surface area contributed by atoms with Crippen molar-refractivity contribution in [2.45, 2.75) is 12.8 Å². The SMILES string of the molecule is O=C(Nc1ccc2c(c1)N=C(c1cccnc1)C2)c1cccnc1Cc1ccccc1. The number of nitrogens with zero attached hydrogens (tertiary/aromatic N) is 3. The third-order valence-corrected chi connectivity index (χ3v) is 5.30. The number of rotatable bonds is 5. The van der Waals surface area contributed by atoms with Gasteiger partial charge in [-0.25, -0.2) is 0 Å². The molecule has 0 aliphatic carbocycles. The summed E-state index contributed by atoms with van der Waals surface area (Å²) in [7, 11) is 0. The smallest absolute Gasteiger partial charge is 0.257 e. The zero-order valence-electron chi connectivity index (χ0n) is 16.8. The number of benzene rings is 2. The molecule has 0 unspecified atom stereocenters. The van der Waals surface area contributed by atoms with Gasteiger partial charge in [-0.2, -0.15) is 0 Å². The van der Waals surface area contributed by atoms with Gasteiger partial charge < -0.3 is 5.32 Å². The van der Waals surface area contributed by atoms with E-state index in [-0.39, 0.29) is 5.91 Å². The molecule has 1 amide bonds. The van der Waals surface area contributed by atoms with Gasteiger partial charge in [0, 0.05) is 42.7 Å². The maximum atomic E-state index is 13.0. The second-order valence-corrected chi connectivity index (χ2v) is 7.43. The van der Waals surface area contributed by atoms with Crippen molar-refractivity contribution in [2.24, 2.45) is 4.99 Å². The summed E-state index contributed by atoms with van der Waals surface area (Å²) in [5.41, 5.74) is 7.19. The Morgan fingerprint density at radius 3 is 2.65 bits per heavy atom. The van der Waals surface area contributed by atoms with E-state index >= 15 is 0 Å². The lowest BCUT2D eigenvalue weighted by Crippen LogP contribution is -2.15. The van der Waals surface area contributed by atoms with Crippen molar-refractivity contribution >= 4 is 23.0 Å². The van der Waals surface area contributed by atoms with Gasteiger partial charge in [0.1, 0.15) is 0 Å². The first-order valence-electron chi connectivity index (χ1n) is 10.2. The number of carbonyl (C=O) groups excluding carboxylic acids is 1. The van der Waals surface area contributed by atoms with Crippen LogP contribution in [0.25, 0.3) is 0 Å². The van der Waals surface area contributed by atoms with Crippen molar-refractivity contribution in [1.29, 1.82) is 0 Å². The number of aliphatic imine (C=N–C) groups is 1. The molecule has 1 N–H and O–H groups in total. The lowest BCUT2D eigenvalue weighted by Gasteiger charge is -2.10. The van der Waals surface area contributed by atoms with E-state index in [0.717, 1.165) is 45.9 Å². The molecule has 2 aromatic heterocycles. The molecule has 5 heteroatoms. The number of anilines is 1. The third-order valence-electron chi connectivity index (χ3n) is 5.30. The summed E-state index contributed by atoms with van der Waals surface area (Å²) in [4.78, 5) is 26.4. The van der Waals surface area contributed by atoms with Gasteiger partial charge in [-0.15, -0.1) is 0 Å². The maximum Gasteiger partial charge on any atom is 0.257 e. The van der Waals surface area contributed by atoms with E-state index < -0.39 is 0 Å². The first kappa shape index (κ1) is 18.9. The van der Waals surface area contributed by atoms with Crippen LogP contribution in [0.5, 0.6) is 0 Å². The summed E-state index contributed by atoms with van der Waals surface area (Å²) in [6, 6.07) is 23.4. The van der Waals surface area contributed by atoms with E-state index in [1.165, 1.54) is 0 Å². The van der Waals surface area contributed by atoms with Crippen LogP contribution in [0.4, 0.5) is 11.4 Å². The van der Waals surface area contributed by atoms with Crippen molar-refractivity contribution in [3.63, 3.8) is 0 Å². The van der Waals surface area contributed by atoms with Gasteiger partial charge in [0.25, 0.3) is 5.91 Å². The molecule has 4 aromatic rings. The molecule has 5 nitrogen and oxygen atoms in total. The minimum Gasteiger partial charge on any atom is -0.322 e. The first-order chi connectivity index (χ1) is 15.3. The Bertz CT molecular complexity index is 1270.